The van der Waals surface area contributed by atoms with E-state index in [2.05, 4.69) is 10.9 Å². The van der Waals surface area contributed by atoms with Gasteiger partial charge in [0.25, 0.3) is 5.91 Å². The van der Waals surface area contributed by atoms with E-state index < -0.39 is 23.5 Å². The summed E-state index contributed by atoms with van der Waals surface area (Å²) in [5.41, 5.74) is 3.99. The van der Waals surface area contributed by atoms with Gasteiger partial charge in [0, 0.05) is 10.1 Å². The molecule has 124 valence electrons. The molecule has 0 unspecified atom stereocenters. The molecule has 1 amide bonds. The van der Waals surface area contributed by atoms with Gasteiger partial charge in [-0.3, -0.25) is 15.6 Å². The molecule has 0 aliphatic carbocycles. The number of amides is 1. The van der Waals surface area contributed by atoms with Crippen molar-refractivity contribution in [3.05, 3.63) is 64.8 Å². The number of carbonyl (C=O) groups is 1. The van der Waals surface area contributed by atoms with Crippen LogP contribution in [0.5, 0.6) is 0 Å². The summed E-state index contributed by atoms with van der Waals surface area (Å²) in [6.45, 7) is 0. The molecule has 0 saturated carbocycles. The number of nitrogens with one attached hydrogen (secondary N) is 2. The van der Waals surface area contributed by atoms with Crippen molar-refractivity contribution in [1.82, 2.24) is 5.43 Å². The highest BCUT2D eigenvalue weighted by atomic mass is 32.1. The maximum atomic E-state index is 13.6. The number of carbonyl (C=O) groups excluding carboxylic acids is 1. The number of benzene rings is 2. The smallest absolute Gasteiger partial charge is 0.298 e. The van der Waals surface area contributed by atoms with Gasteiger partial charge < -0.3 is 0 Å². The Morgan fingerprint density at radius 3 is 2.50 bits per heavy atom. The van der Waals surface area contributed by atoms with Gasteiger partial charge >= 0.3 is 6.18 Å². The second kappa shape index (κ2) is 6.12. The minimum atomic E-state index is -4.47. The molecule has 0 spiro atoms. The van der Waals surface area contributed by atoms with Gasteiger partial charge in [-0.15, -0.1) is 11.3 Å². The number of rotatable bonds is 3. The molecule has 3 aromatic rings. The molecular formula is C16H10F4N2OS. The highest BCUT2D eigenvalue weighted by Crippen LogP contribution is 2.31. The Bertz CT molecular complexity index is 904. The van der Waals surface area contributed by atoms with E-state index in [4.69, 9.17) is 0 Å². The first-order valence-corrected chi connectivity index (χ1v) is 7.58. The molecule has 0 atom stereocenters. The van der Waals surface area contributed by atoms with Gasteiger partial charge in [-0.05, 0) is 36.4 Å². The van der Waals surface area contributed by atoms with Crippen molar-refractivity contribution < 1.29 is 22.4 Å². The molecule has 1 heterocycles. The Balaban J connectivity index is 1.74. The van der Waals surface area contributed by atoms with Crippen molar-refractivity contribution in [2.24, 2.45) is 0 Å². The van der Waals surface area contributed by atoms with Crippen LogP contribution in [0.15, 0.2) is 48.5 Å². The van der Waals surface area contributed by atoms with Crippen LogP contribution >= 0.6 is 11.3 Å². The molecule has 1 aromatic heterocycles. The quantitative estimate of drug-likeness (QED) is 0.523. The Kier molecular flexibility index (Phi) is 4.15. The monoisotopic (exact) mass is 354 g/mol. The first-order chi connectivity index (χ1) is 11.3. The average molecular weight is 354 g/mol. The summed E-state index contributed by atoms with van der Waals surface area (Å²) < 4.78 is 52.1. The number of hydrogen-bond acceptors (Lipinski definition) is 3. The molecule has 0 radical (unpaired) electrons. The van der Waals surface area contributed by atoms with Crippen molar-refractivity contribution >= 4 is 33.0 Å². The van der Waals surface area contributed by atoms with Crippen LogP contribution in [0.1, 0.15) is 15.2 Å². The standard InChI is InChI=1S/C16H10F4N2OS/c17-12-5-2-6-13-11(12)8-14(24-13)15(23)22-21-10-4-1-3-9(7-10)16(18,19)20/h1-8,21H,(H,22,23). The lowest BCUT2D eigenvalue weighted by atomic mass is 10.2. The highest BCUT2D eigenvalue weighted by Gasteiger charge is 2.30. The predicted molar refractivity (Wildman–Crippen MR) is 84.3 cm³/mol. The fourth-order valence-electron chi connectivity index (χ4n) is 2.10. The third-order valence-electron chi connectivity index (χ3n) is 3.24. The summed E-state index contributed by atoms with van der Waals surface area (Å²) in [4.78, 5) is 12.3. The Labute approximate surface area is 137 Å². The normalized spacial score (nSPS) is 11.5. The number of anilines is 1. The van der Waals surface area contributed by atoms with E-state index >= 15 is 0 Å². The van der Waals surface area contributed by atoms with E-state index in [0.717, 1.165) is 23.5 Å². The van der Waals surface area contributed by atoms with Gasteiger partial charge in [-0.1, -0.05) is 12.1 Å². The third kappa shape index (κ3) is 3.33. The van der Waals surface area contributed by atoms with Crippen LogP contribution in [0.2, 0.25) is 0 Å². The van der Waals surface area contributed by atoms with E-state index in [0.29, 0.717) is 10.1 Å². The molecule has 0 fully saturated rings. The summed E-state index contributed by atoms with van der Waals surface area (Å²) in [7, 11) is 0. The van der Waals surface area contributed by atoms with Crippen molar-refractivity contribution in [1.29, 1.82) is 0 Å². The fourth-order valence-corrected chi connectivity index (χ4v) is 3.07. The molecule has 3 rings (SSSR count). The molecule has 0 saturated heterocycles. The molecule has 0 bridgehead atoms. The predicted octanol–water partition coefficient (Wildman–Crippen LogP) is 4.82. The fraction of sp³-hybridized carbons (Fsp3) is 0.0625. The largest absolute Gasteiger partial charge is 0.416 e. The van der Waals surface area contributed by atoms with Crippen LogP contribution < -0.4 is 10.9 Å². The molecule has 2 N–H and O–H groups in total. The van der Waals surface area contributed by atoms with Crippen LogP contribution in [0.4, 0.5) is 23.2 Å². The van der Waals surface area contributed by atoms with Crippen LogP contribution in [0.3, 0.4) is 0 Å². The summed E-state index contributed by atoms with van der Waals surface area (Å²) in [6.07, 6.45) is -4.47. The van der Waals surface area contributed by atoms with Gasteiger partial charge in [0.2, 0.25) is 0 Å². The highest BCUT2D eigenvalue weighted by molar-refractivity contribution is 7.20. The summed E-state index contributed by atoms with van der Waals surface area (Å²) in [5.74, 6) is -0.998. The van der Waals surface area contributed by atoms with E-state index in [-0.39, 0.29) is 10.6 Å². The number of hydrogen-bond donors (Lipinski definition) is 2. The number of hydrazine groups is 1. The number of fused-ring (bicyclic) bond motifs is 1. The van der Waals surface area contributed by atoms with Gasteiger partial charge in [0.15, 0.2) is 0 Å². The SMILES string of the molecule is O=C(NNc1cccc(C(F)(F)F)c1)c1cc2c(F)cccc2s1. The Morgan fingerprint density at radius 1 is 1.04 bits per heavy atom. The van der Waals surface area contributed by atoms with Crippen molar-refractivity contribution in [2.45, 2.75) is 6.18 Å². The van der Waals surface area contributed by atoms with E-state index in [1.807, 2.05) is 0 Å². The minimum Gasteiger partial charge on any atom is -0.298 e. The Morgan fingerprint density at radius 2 is 1.79 bits per heavy atom. The zero-order chi connectivity index (χ0) is 17.3. The number of alkyl halides is 3. The van der Waals surface area contributed by atoms with Crippen molar-refractivity contribution in [3.8, 4) is 0 Å². The minimum absolute atomic E-state index is 0.0884. The Hall–Kier alpha value is -2.61. The summed E-state index contributed by atoms with van der Waals surface area (Å²) in [5, 5.41) is 0.326. The number of halogens is 4. The molecule has 24 heavy (non-hydrogen) atoms. The van der Waals surface area contributed by atoms with Crippen molar-refractivity contribution in [2.75, 3.05) is 5.43 Å². The molecule has 0 aliphatic heterocycles. The molecule has 0 aliphatic rings. The first kappa shape index (κ1) is 16.3. The average Bonchev–Trinajstić information content (AvgIpc) is 2.98. The summed E-state index contributed by atoms with van der Waals surface area (Å²) in [6, 6.07) is 10.3. The first-order valence-electron chi connectivity index (χ1n) is 6.76. The van der Waals surface area contributed by atoms with Crippen LogP contribution in [-0.2, 0) is 6.18 Å². The summed E-state index contributed by atoms with van der Waals surface area (Å²) >= 11 is 1.09. The second-order valence-electron chi connectivity index (χ2n) is 4.92. The lowest BCUT2D eigenvalue weighted by Crippen LogP contribution is -2.28. The zero-order valence-electron chi connectivity index (χ0n) is 11.9. The van der Waals surface area contributed by atoms with E-state index in [9.17, 15) is 22.4 Å². The molecule has 8 heteroatoms. The van der Waals surface area contributed by atoms with Crippen LogP contribution in [0, 0.1) is 5.82 Å². The molecule has 3 nitrogen and oxygen atoms in total. The third-order valence-corrected chi connectivity index (χ3v) is 4.34. The van der Waals surface area contributed by atoms with Crippen LogP contribution in [-0.4, -0.2) is 5.91 Å². The second-order valence-corrected chi connectivity index (χ2v) is 6.00. The van der Waals surface area contributed by atoms with E-state index in [1.54, 1.807) is 6.07 Å². The van der Waals surface area contributed by atoms with Gasteiger partial charge in [0.05, 0.1) is 16.1 Å². The van der Waals surface area contributed by atoms with Gasteiger partial charge in [-0.25, -0.2) is 4.39 Å². The maximum Gasteiger partial charge on any atom is 0.416 e. The maximum absolute atomic E-state index is 13.6. The van der Waals surface area contributed by atoms with Gasteiger partial charge in [-0.2, -0.15) is 13.2 Å². The molecule has 2 aromatic carbocycles. The van der Waals surface area contributed by atoms with Crippen LogP contribution in [0.25, 0.3) is 10.1 Å². The van der Waals surface area contributed by atoms with Crippen molar-refractivity contribution in [3.63, 3.8) is 0 Å². The van der Waals surface area contributed by atoms with Gasteiger partial charge in [0.1, 0.15) is 5.82 Å². The molecular weight excluding hydrogens is 344 g/mol. The number of thiophene rings is 1. The lowest BCUT2D eigenvalue weighted by molar-refractivity contribution is -0.137. The lowest BCUT2D eigenvalue weighted by Gasteiger charge is -2.11. The zero-order valence-corrected chi connectivity index (χ0v) is 12.8. The van der Waals surface area contributed by atoms with E-state index in [1.165, 1.54) is 30.3 Å². The topological polar surface area (TPSA) is 41.1 Å².